The minimum Gasteiger partial charge on any atom is -0.405 e. The third kappa shape index (κ3) is 4.66. The summed E-state index contributed by atoms with van der Waals surface area (Å²) in [5, 5.41) is 4.05. The van der Waals surface area contributed by atoms with Crippen molar-refractivity contribution < 1.29 is 26.8 Å². The summed E-state index contributed by atoms with van der Waals surface area (Å²) in [5.41, 5.74) is 1.50. The monoisotopic (exact) mass is 455 g/mol. The maximum Gasteiger partial charge on any atom is 0.573 e. The average Bonchev–Trinajstić information content (AvgIpc) is 3.26. The Bertz CT molecular complexity index is 1230. The third-order valence-electron chi connectivity index (χ3n) is 4.48. The van der Waals surface area contributed by atoms with Gasteiger partial charge in [0.15, 0.2) is 5.82 Å². The standard InChI is InChI=1S/C21H17F4N3O2.ClH/c1-20(2,3)17-10-16(30-28-17)19-26-13-8-7-11(9-14(13)27-19)18-12(22)5-4-6-15(18)29-21(23,24)25;/h4-10H,1-3H3,(H,26,27);1H. The number of aromatic nitrogens is 3. The molecule has 0 unspecified atom stereocenters. The molecule has 0 saturated carbocycles. The molecule has 0 fully saturated rings. The Morgan fingerprint density at radius 3 is 2.42 bits per heavy atom. The van der Waals surface area contributed by atoms with E-state index in [-0.39, 0.29) is 28.9 Å². The molecule has 2 aromatic carbocycles. The molecule has 31 heavy (non-hydrogen) atoms. The van der Waals surface area contributed by atoms with Gasteiger partial charge in [0.2, 0.25) is 5.76 Å². The minimum absolute atomic E-state index is 0. The highest BCUT2D eigenvalue weighted by Gasteiger charge is 2.33. The summed E-state index contributed by atoms with van der Waals surface area (Å²) < 4.78 is 61.9. The van der Waals surface area contributed by atoms with Crippen LogP contribution in [0.1, 0.15) is 26.5 Å². The van der Waals surface area contributed by atoms with Crippen molar-refractivity contribution in [3.63, 3.8) is 0 Å². The second-order valence-electron chi connectivity index (χ2n) is 7.80. The second kappa shape index (κ2) is 7.88. The van der Waals surface area contributed by atoms with Crippen molar-refractivity contribution in [2.24, 2.45) is 0 Å². The average molecular weight is 456 g/mol. The number of alkyl halides is 3. The van der Waals surface area contributed by atoms with Gasteiger partial charge in [-0.2, -0.15) is 0 Å². The molecule has 0 atom stereocenters. The lowest BCUT2D eigenvalue weighted by molar-refractivity contribution is -0.274. The molecule has 0 aliphatic heterocycles. The summed E-state index contributed by atoms with van der Waals surface area (Å²) in [4.78, 5) is 7.47. The number of aromatic amines is 1. The van der Waals surface area contributed by atoms with Crippen molar-refractivity contribution in [3.05, 3.63) is 54.0 Å². The predicted octanol–water partition coefficient (Wildman–Crippen LogP) is 6.64. The van der Waals surface area contributed by atoms with Gasteiger partial charge < -0.3 is 14.2 Å². The van der Waals surface area contributed by atoms with Gasteiger partial charge in [-0.25, -0.2) is 9.37 Å². The molecule has 0 spiro atoms. The van der Waals surface area contributed by atoms with Crippen LogP contribution in [0.5, 0.6) is 5.75 Å². The fourth-order valence-corrected chi connectivity index (χ4v) is 3.02. The van der Waals surface area contributed by atoms with Crippen LogP contribution < -0.4 is 4.74 Å². The van der Waals surface area contributed by atoms with Gasteiger partial charge in [0.1, 0.15) is 11.6 Å². The van der Waals surface area contributed by atoms with Gasteiger partial charge in [0.05, 0.1) is 22.3 Å². The smallest absolute Gasteiger partial charge is 0.405 e. The number of imidazole rings is 1. The van der Waals surface area contributed by atoms with Crippen molar-refractivity contribution in [1.29, 1.82) is 0 Å². The van der Waals surface area contributed by atoms with Crippen LogP contribution in [0.25, 0.3) is 33.7 Å². The molecule has 0 aliphatic rings. The van der Waals surface area contributed by atoms with E-state index < -0.39 is 17.9 Å². The second-order valence-corrected chi connectivity index (χ2v) is 7.80. The highest BCUT2D eigenvalue weighted by molar-refractivity contribution is 5.86. The Morgan fingerprint density at radius 1 is 1.03 bits per heavy atom. The van der Waals surface area contributed by atoms with Gasteiger partial charge in [-0.15, -0.1) is 25.6 Å². The van der Waals surface area contributed by atoms with E-state index in [0.717, 1.165) is 23.9 Å². The summed E-state index contributed by atoms with van der Waals surface area (Å²) in [7, 11) is 0. The van der Waals surface area contributed by atoms with Gasteiger partial charge in [-0.3, -0.25) is 0 Å². The van der Waals surface area contributed by atoms with E-state index >= 15 is 0 Å². The first-order valence-electron chi connectivity index (χ1n) is 9.03. The number of nitrogens with zero attached hydrogens (tertiary/aromatic N) is 2. The zero-order valence-corrected chi connectivity index (χ0v) is 17.5. The highest BCUT2D eigenvalue weighted by Crippen LogP contribution is 2.37. The molecule has 0 saturated heterocycles. The third-order valence-corrected chi connectivity index (χ3v) is 4.48. The zero-order chi connectivity index (χ0) is 21.7. The number of rotatable bonds is 3. The van der Waals surface area contributed by atoms with Crippen LogP contribution in [0, 0.1) is 5.82 Å². The Labute approximate surface area is 180 Å². The number of halogens is 5. The van der Waals surface area contributed by atoms with Gasteiger partial charge >= 0.3 is 6.36 Å². The number of ether oxygens (including phenoxy) is 1. The SMILES string of the molecule is CC(C)(C)c1cc(-c2nc3ccc(-c4c(F)cccc4OC(F)(F)F)cc3[nH]2)on1.Cl. The van der Waals surface area contributed by atoms with E-state index in [9.17, 15) is 17.6 Å². The first-order valence-corrected chi connectivity index (χ1v) is 9.03. The quantitative estimate of drug-likeness (QED) is 0.352. The Hall–Kier alpha value is -3.07. The summed E-state index contributed by atoms with van der Waals surface area (Å²) >= 11 is 0. The first-order chi connectivity index (χ1) is 14.0. The lowest BCUT2D eigenvalue weighted by Gasteiger charge is -2.14. The lowest BCUT2D eigenvalue weighted by Crippen LogP contribution is -2.17. The molecule has 4 aromatic rings. The van der Waals surface area contributed by atoms with Crippen LogP contribution in [-0.2, 0) is 5.41 Å². The fraction of sp³-hybridized carbons (Fsp3) is 0.238. The maximum absolute atomic E-state index is 14.4. The Morgan fingerprint density at radius 2 is 1.77 bits per heavy atom. The van der Waals surface area contributed by atoms with Crippen LogP contribution in [-0.4, -0.2) is 21.5 Å². The fourth-order valence-electron chi connectivity index (χ4n) is 3.02. The summed E-state index contributed by atoms with van der Waals surface area (Å²) in [6.07, 6.45) is -4.94. The number of H-pyrrole nitrogens is 1. The lowest BCUT2D eigenvalue weighted by atomic mass is 9.92. The largest absolute Gasteiger partial charge is 0.573 e. The van der Waals surface area contributed by atoms with Crippen LogP contribution in [0.4, 0.5) is 17.6 Å². The molecule has 1 N–H and O–H groups in total. The molecule has 0 aliphatic carbocycles. The van der Waals surface area contributed by atoms with Crippen LogP contribution in [0.15, 0.2) is 47.0 Å². The molecule has 4 rings (SSSR count). The predicted molar refractivity (Wildman–Crippen MR) is 110 cm³/mol. The van der Waals surface area contributed by atoms with Gasteiger partial charge in [-0.1, -0.05) is 38.1 Å². The van der Waals surface area contributed by atoms with E-state index in [1.165, 1.54) is 12.1 Å². The highest BCUT2D eigenvalue weighted by atomic mass is 35.5. The molecule has 0 bridgehead atoms. The van der Waals surface area contributed by atoms with Crippen LogP contribution in [0.3, 0.4) is 0 Å². The number of fused-ring (bicyclic) bond motifs is 1. The number of hydrogen-bond acceptors (Lipinski definition) is 4. The maximum atomic E-state index is 14.4. The molecule has 5 nitrogen and oxygen atoms in total. The molecule has 10 heteroatoms. The minimum atomic E-state index is -4.94. The van der Waals surface area contributed by atoms with Crippen molar-refractivity contribution in [2.45, 2.75) is 32.5 Å². The zero-order valence-electron chi connectivity index (χ0n) is 16.7. The molecule has 0 radical (unpaired) electrons. The van der Waals surface area contributed by atoms with E-state index in [1.807, 2.05) is 20.8 Å². The van der Waals surface area contributed by atoms with Gasteiger partial charge in [-0.05, 0) is 29.8 Å². The number of hydrogen-bond donors (Lipinski definition) is 1. The van der Waals surface area contributed by atoms with Gasteiger partial charge in [0, 0.05) is 11.5 Å². The molecule has 164 valence electrons. The van der Waals surface area contributed by atoms with E-state index in [4.69, 9.17) is 4.52 Å². The summed E-state index contributed by atoms with van der Waals surface area (Å²) in [5.74, 6) is -0.623. The molecular formula is C21H18ClF4N3O2. The number of nitrogens with one attached hydrogen (secondary N) is 1. The molecular weight excluding hydrogens is 438 g/mol. The van der Waals surface area contributed by atoms with Crippen molar-refractivity contribution in [3.8, 4) is 28.5 Å². The number of benzene rings is 2. The van der Waals surface area contributed by atoms with Crippen LogP contribution >= 0.6 is 12.4 Å². The van der Waals surface area contributed by atoms with E-state index in [2.05, 4.69) is 19.9 Å². The van der Waals surface area contributed by atoms with Crippen LogP contribution in [0.2, 0.25) is 0 Å². The molecule has 2 aromatic heterocycles. The summed E-state index contributed by atoms with van der Waals surface area (Å²) in [6, 6.07) is 9.63. The van der Waals surface area contributed by atoms with Crippen molar-refractivity contribution in [1.82, 2.24) is 15.1 Å². The topological polar surface area (TPSA) is 63.9 Å². The normalized spacial score (nSPS) is 12.1. The Balaban J connectivity index is 0.00000272. The van der Waals surface area contributed by atoms with Crippen molar-refractivity contribution >= 4 is 23.4 Å². The van der Waals surface area contributed by atoms with Crippen molar-refractivity contribution in [2.75, 3.05) is 0 Å². The van der Waals surface area contributed by atoms with E-state index in [1.54, 1.807) is 12.1 Å². The molecule has 0 amide bonds. The van der Waals surface area contributed by atoms with E-state index in [0.29, 0.717) is 22.6 Å². The first kappa shape index (κ1) is 22.6. The Kier molecular flexibility index (Phi) is 5.75. The van der Waals surface area contributed by atoms with Gasteiger partial charge in [0.25, 0.3) is 0 Å². The molecule has 2 heterocycles. The summed E-state index contributed by atoms with van der Waals surface area (Å²) in [6.45, 7) is 5.98.